The van der Waals surface area contributed by atoms with Crippen LogP contribution >= 0.6 is 0 Å². The van der Waals surface area contributed by atoms with E-state index in [1.165, 1.54) is 0 Å². The molecule has 1 fully saturated rings. The van der Waals surface area contributed by atoms with Gasteiger partial charge in [0.1, 0.15) is 0 Å². The van der Waals surface area contributed by atoms with E-state index in [9.17, 15) is 13.2 Å². The monoisotopic (exact) mass is 422 g/mol. The first-order valence-corrected chi connectivity index (χ1v) is 11.3. The van der Waals surface area contributed by atoms with E-state index in [0.29, 0.717) is 25.7 Å². The van der Waals surface area contributed by atoms with Gasteiger partial charge in [-0.15, -0.1) is 10.6 Å². The van der Waals surface area contributed by atoms with E-state index >= 15 is 0 Å². The highest BCUT2D eigenvalue weighted by Crippen LogP contribution is 2.27. The highest BCUT2D eigenvalue weighted by molar-refractivity contribution is 7.90. The van der Waals surface area contributed by atoms with Crippen LogP contribution < -0.4 is 21.1 Å². The highest BCUT2D eigenvalue weighted by Gasteiger charge is 2.34. The zero-order valence-corrected chi connectivity index (χ0v) is 18.1. The summed E-state index contributed by atoms with van der Waals surface area (Å²) in [6.07, 6.45) is 2.66. The van der Waals surface area contributed by atoms with E-state index in [2.05, 4.69) is 26.2 Å². The maximum Gasteiger partial charge on any atom is 0.227 e. The second-order valence-electron chi connectivity index (χ2n) is 8.57. The molecule has 0 unspecified atom stereocenters. The number of hydrazone groups is 1. The fraction of sp³-hybridized carbons (Fsp3) is 0.579. The molecule has 0 aromatic heterocycles. The lowest BCUT2D eigenvalue weighted by Crippen LogP contribution is -2.46. The van der Waals surface area contributed by atoms with Gasteiger partial charge in [-0.3, -0.25) is 9.80 Å². The largest absolute Gasteiger partial charge is 0.326 e. The maximum absolute atomic E-state index is 12.6. The summed E-state index contributed by atoms with van der Waals surface area (Å²) in [4.78, 5) is 12.6. The molecule has 10 heteroatoms. The number of nitrogens with one attached hydrogen (secondary N) is 4. The molecule has 9 nitrogen and oxygen atoms in total. The Kier molecular flexibility index (Phi) is 6.16. The lowest BCUT2D eigenvalue weighted by atomic mass is 9.86. The highest BCUT2D eigenvalue weighted by atomic mass is 32.2. The minimum Gasteiger partial charge on any atom is -0.326 e. The molecule has 2 aliphatic rings. The normalized spacial score (nSPS) is 22.8. The van der Waals surface area contributed by atoms with Crippen LogP contribution in [0.4, 0.5) is 5.69 Å². The summed E-state index contributed by atoms with van der Waals surface area (Å²) >= 11 is 0. The molecule has 1 saturated carbocycles. The number of rotatable bonds is 5. The number of nitrogens with zero attached hydrogens (tertiary/aromatic N) is 2. The third-order valence-electron chi connectivity index (χ3n) is 5.33. The Labute approximate surface area is 172 Å². The van der Waals surface area contributed by atoms with Crippen molar-refractivity contribution in [1.82, 2.24) is 20.8 Å². The standard InChI is InChI=1S/C19H30N6O3S/c1-19(2,3)29(27,28)22-16-11-7-14(8-12-16)18(26)20-15-9-5-13(6-10-15)17-21-23-24-25(17)4/h5-6,9-10,14,16,22-24H,7-8,11-12H2,1-4H3,(H,20,26). The van der Waals surface area contributed by atoms with Crippen molar-refractivity contribution < 1.29 is 13.2 Å². The van der Waals surface area contributed by atoms with Gasteiger partial charge in [0, 0.05) is 30.3 Å². The Morgan fingerprint density at radius 1 is 1.14 bits per heavy atom. The van der Waals surface area contributed by atoms with Crippen LogP contribution in [0.15, 0.2) is 29.4 Å². The number of amides is 1. The summed E-state index contributed by atoms with van der Waals surface area (Å²) in [6, 6.07) is 7.40. The smallest absolute Gasteiger partial charge is 0.227 e. The van der Waals surface area contributed by atoms with Crippen molar-refractivity contribution in [3.8, 4) is 0 Å². The predicted octanol–water partition coefficient (Wildman–Crippen LogP) is 1.52. The van der Waals surface area contributed by atoms with E-state index < -0.39 is 14.8 Å². The van der Waals surface area contributed by atoms with Crippen molar-refractivity contribution in [2.45, 2.75) is 57.2 Å². The lowest BCUT2D eigenvalue weighted by molar-refractivity contribution is -0.120. The van der Waals surface area contributed by atoms with E-state index in [-0.39, 0.29) is 17.9 Å². The molecule has 1 amide bonds. The fourth-order valence-electron chi connectivity index (χ4n) is 3.36. The van der Waals surface area contributed by atoms with Crippen molar-refractivity contribution in [1.29, 1.82) is 0 Å². The van der Waals surface area contributed by atoms with E-state index in [0.717, 1.165) is 17.1 Å². The summed E-state index contributed by atoms with van der Waals surface area (Å²) in [7, 11) is -1.52. The summed E-state index contributed by atoms with van der Waals surface area (Å²) in [5, 5.41) is 8.87. The minimum absolute atomic E-state index is 0.0199. The van der Waals surface area contributed by atoms with E-state index in [1.54, 1.807) is 25.8 Å². The minimum atomic E-state index is -3.37. The molecule has 4 N–H and O–H groups in total. The maximum atomic E-state index is 12.6. The van der Waals surface area contributed by atoms with Crippen molar-refractivity contribution in [3.05, 3.63) is 29.8 Å². The molecule has 1 aromatic rings. The van der Waals surface area contributed by atoms with Gasteiger partial charge in [-0.25, -0.2) is 18.7 Å². The molecular weight excluding hydrogens is 392 g/mol. The molecule has 0 saturated heterocycles. The second kappa shape index (κ2) is 8.29. The summed E-state index contributed by atoms with van der Waals surface area (Å²) in [5.74, 6) is 0.635. The third-order valence-corrected chi connectivity index (χ3v) is 7.59. The van der Waals surface area contributed by atoms with Crippen molar-refractivity contribution in [2.75, 3.05) is 12.4 Å². The van der Waals surface area contributed by atoms with Crippen LogP contribution in [0.5, 0.6) is 0 Å². The van der Waals surface area contributed by atoms with Gasteiger partial charge in [0.25, 0.3) is 0 Å². The van der Waals surface area contributed by atoms with Crippen LogP contribution in [0.2, 0.25) is 0 Å². The van der Waals surface area contributed by atoms with Gasteiger partial charge in [-0.2, -0.15) is 0 Å². The molecule has 1 heterocycles. The zero-order chi connectivity index (χ0) is 21.2. The van der Waals surface area contributed by atoms with Crippen LogP contribution in [0, 0.1) is 5.92 Å². The third kappa shape index (κ3) is 5.06. The first kappa shape index (κ1) is 21.5. The Balaban J connectivity index is 1.51. The molecule has 0 atom stereocenters. The Morgan fingerprint density at radius 2 is 1.76 bits per heavy atom. The van der Waals surface area contributed by atoms with Crippen molar-refractivity contribution >= 4 is 27.5 Å². The van der Waals surface area contributed by atoms with Gasteiger partial charge in [0.2, 0.25) is 15.9 Å². The molecule has 0 radical (unpaired) electrons. The predicted molar refractivity (Wildman–Crippen MR) is 113 cm³/mol. The lowest BCUT2D eigenvalue weighted by Gasteiger charge is -2.30. The number of hydrazine groups is 2. The van der Waals surface area contributed by atoms with E-state index in [1.807, 2.05) is 31.3 Å². The Morgan fingerprint density at radius 3 is 2.28 bits per heavy atom. The van der Waals surface area contributed by atoms with Gasteiger partial charge in [-0.1, -0.05) is 0 Å². The molecule has 3 rings (SSSR count). The SMILES string of the molecule is CN1NNN=C1c1ccc(NC(=O)C2CCC(NS(=O)(=O)C(C)(C)C)CC2)cc1. The molecular formula is C19H30N6O3S. The Hall–Kier alpha value is -2.17. The number of sulfonamides is 1. The van der Waals surface area contributed by atoms with Gasteiger partial charge < -0.3 is 5.32 Å². The van der Waals surface area contributed by atoms with Crippen LogP contribution in [-0.4, -0.2) is 43.0 Å². The molecule has 1 aromatic carbocycles. The van der Waals surface area contributed by atoms with Crippen LogP contribution in [-0.2, 0) is 14.8 Å². The topological polar surface area (TPSA) is 115 Å². The second-order valence-corrected chi connectivity index (χ2v) is 11.0. The molecule has 29 heavy (non-hydrogen) atoms. The number of amidine groups is 1. The van der Waals surface area contributed by atoms with Crippen LogP contribution in [0.25, 0.3) is 0 Å². The van der Waals surface area contributed by atoms with Gasteiger partial charge >= 0.3 is 0 Å². The van der Waals surface area contributed by atoms with Crippen molar-refractivity contribution in [3.63, 3.8) is 0 Å². The molecule has 160 valence electrons. The molecule has 0 spiro atoms. The Bertz CT molecular complexity index is 868. The number of hydrogen-bond acceptors (Lipinski definition) is 7. The fourth-order valence-corrected chi connectivity index (χ4v) is 4.38. The number of benzene rings is 1. The average Bonchev–Trinajstić information content (AvgIpc) is 3.07. The zero-order valence-electron chi connectivity index (χ0n) is 17.3. The molecule has 1 aliphatic heterocycles. The number of hydrogen-bond donors (Lipinski definition) is 4. The van der Waals surface area contributed by atoms with Crippen molar-refractivity contribution in [2.24, 2.45) is 11.0 Å². The number of anilines is 1. The molecule has 0 bridgehead atoms. The van der Waals surface area contributed by atoms with Gasteiger partial charge in [0.15, 0.2) is 5.84 Å². The summed E-state index contributed by atoms with van der Waals surface area (Å²) < 4.78 is 26.6. The van der Waals surface area contributed by atoms with Gasteiger partial charge in [0.05, 0.1) is 4.75 Å². The van der Waals surface area contributed by atoms with Crippen LogP contribution in [0.3, 0.4) is 0 Å². The number of carbonyl (C=O) groups excluding carboxylic acids is 1. The summed E-state index contributed by atoms with van der Waals surface area (Å²) in [6.45, 7) is 5.05. The number of carbonyl (C=O) groups is 1. The van der Waals surface area contributed by atoms with E-state index in [4.69, 9.17) is 0 Å². The first-order chi connectivity index (χ1) is 13.6. The quantitative estimate of drug-likeness (QED) is 0.572. The molecule has 1 aliphatic carbocycles. The van der Waals surface area contributed by atoms with Gasteiger partial charge in [-0.05, 0) is 70.7 Å². The first-order valence-electron chi connectivity index (χ1n) is 9.82. The summed E-state index contributed by atoms with van der Waals surface area (Å²) in [5.41, 5.74) is 7.20. The average molecular weight is 423 g/mol. The van der Waals surface area contributed by atoms with Crippen LogP contribution in [0.1, 0.15) is 52.0 Å².